The summed E-state index contributed by atoms with van der Waals surface area (Å²) in [4.78, 5) is 4.89. The summed E-state index contributed by atoms with van der Waals surface area (Å²) < 4.78 is 12.6. The highest BCUT2D eigenvalue weighted by Gasteiger charge is 1.98. The third-order valence-corrected chi connectivity index (χ3v) is 3.10. The van der Waals surface area contributed by atoms with E-state index in [-0.39, 0.29) is 0 Å². The Kier molecular flexibility index (Phi) is 3.57. The summed E-state index contributed by atoms with van der Waals surface area (Å²) in [5, 5.41) is 0. The lowest BCUT2D eigenvalue weighted by molar-refractivity contribution is 0.582. The van der Waals surface area contributed by atoms with Crippen molar-refractivity contribution in [2.24, 2.45) is 0 Å². The van der Waals surface area contributed by atoms with E-state index in [1.165, 1.54) is 16.5 Å². The molecule has 0 spiro atoms. The number of hydrogen-bond acceptors (Lipinski definition) is 2. The fourth-order valence-corrected chi connectivity index (χ4v) is 1.90. The van der Waals surface area contributed by atoms with Gasteiger partial charge in [0.1, 0.15) is 0 Å². The first-order chi connectivity index (χ1) is 7.78. The Labute approximate surface area is 98.7 Å². The number of benzene rings is 1. The number of aromatic nitrogens is 1. The van der Waals surface area contributed by atoms with Gasteiger partial charge in [-0.1, -0.05) is 18.2 Å². The normalized spacial score (nSPS) is 10.4. The average molecular weight is 233 g/mol. The van der Waals surface area contributed by atoms with Gasteiger partial charge in [0.05, 0.1) is 0 Å². The molecule has 1 aromatic heterocycles. The van der Waals surface area contributed by atoms with Crippen LogP contribution < -0.4 is 0 Å². The average Bonchev–Trinajstić information content (AvgIpc) is 2.33. The summed E-state index contributed by atoms with van der Waals surface area (Å²) >= 11 is 1.72. The van der Waals surface area contributed by atoms with E-state index < -0.39 is 5.95 Å². The van der Waals surface area contributed by atoms with E-state index in [0.717, 1.165) is 12.0 Å². The highest BCUT2D eigenvalue weighted by Crippen LogP contribution is 2.16. The molecule has 0 atom stereocenters. The number of nitrogens with zero attached hydrogens (tertiary/aromatic N) is 1. The second-order valence-electron chi connectivity index (χ2n) is 3.51. The van der Waals surface area contributed by atoms with Crippen molar-refractivity contribution in [3.63, 3.8) is 0 Å². The van der Waals surface area contributed by atoms with Gasteiger partial charge in [0, 0.05) is 11.1 Å². The van der Waals surface area contributed by atoms with Gasteiger partial charge < -0.3 is 0 Å². The third kappa shape index (κ3) is 2.83. The van der Waals surface area contributed by atoms with Crippen LogP contribution in [0.5, 0.6) is 0 Å². The topological polar surface area (TPSA) is 12.9 Å². The van der Waals surface area contributed by atoms with E-state index >= 15 is 0 Å². The van der Waals surface area contributed by atoms with Gasteiger partial charge in [-0.05, 0) is 42.0 Å². The monoisotopic (exact) mass is 233 g/mol. The first-order valence-electron chi connectivity index (χ1n) is 5.01. The molecule has 0 unspecified atom stereocenters. The van der Waals surface area contributed by atoms with Crippen LogP contribution in [0.15, 0.2) is 47.5 Å². The molecule has 3 heteroatoms. The minimum absolute atomic E-state index is 0.429. The van der Waals surface area contributed by atoms with Crippen molar-refractivity contribution in [3.05, 3.63) is 59.7 Å². The summed E-state index contributed by atoms with van der Waals surface area (Å²) in [6.45, 7) is 0. The molecular weight excluding hydrogens is 221 g/mol. The predicted molar refractivity (Wildman–Crippen MR) is 65.2 cm³/mol. The van der Waals surface area contributed by atoms with Crippen LogP contribution in [0, 0.1) is 5.95 Å². The Morgan fingerprint density at radius 2 is 1.75 bits per heavy atom. The molecule has 0 saturated carbocycles. The molecule has 0 saturated heterocycles. The number of rotatable bonds is 3. The fraction of sp³-hybridized carbons (Fsp3) is 0.154. The van der Waals surface area contributed by atoms with Crippen molar-refractivity contribution < 1.29 is 4.39 Å². The number of pyridine rings is 1. The molecule has 1 nitrogen and oxygen atoms in total. The molecule has 0 aliphatic carbocycles. The van der Waals surface area contributed by atoms with Crippen LogP contribution in [0.25, 0.3) is 0 Å². The lowest BCUT2D eigenvalue weighted by atomic mass is 10.1. The van der Waals surface area contributed by atoms with Crippen LogP contribution >= 0.6 is 11.8 Å². The Hall–Kier alpha value is -1.35. The van der Waals surface area contributed by atoms with Crippen molar-refractivity contribution >= 4 is 11.8 Å². The minimum Gasteiger partial charge on any atom is -0.228 e. The van der Waals surface area contributed by atoms with E-state index in [4.69, 9.17) is 0 Å². The summed E-state index contributed by atoms with van der Waals surface area (Å²) in [6.07, 6.45) is 4.43. The molecular formula is C13H12FNS. The lowest BCUT2D eigenvalue weighted by Crippen LogP contribution is -1.90. The standard InChI is InChI=1S/C13H12FNS/c1-16-12-5-2-10(3-6-12)8-11-4-7-13(14)15-9-11/h2-7,9H,8H2,1H3. The van der Waals surface area contributed by atoms with Crippen LogP contribution in [-0.2, 0) is 6.42 Å². The van der Waals surface area contributed by atoms with E-state index in [0.29, 0.717) is 0 Å². The number of thioether (sulfide) groups is 1. The second kappa shape index (κ2) is 5.12. The molecule has 0 aliphatic heterocycles. The summed E-state index contributed by atoms with van der Waals surface area (Å²) in [5.41, 5.74) is 2.24. The van der Waals surface area contributed by atoms with Gasteiger partial charge in [0.2, 0.25) is 5.95 Å². The van der Waals surface area contributed by atoms with E-state index in [1.807, 2.05) is 0 Å². The van der Waals surface area contributed by atoms with Gasteiger partial charge in [-0.15, -0.1) is 11.8 Å². The molecule has 1 heterocycles. The van der Waals surface area contributed by atoms with Crippen LogP contribution in [0.4, 0.5) is 4.39 Å². The van der Waals surface area contributed by atoms with Gasteiger partial charge >= 0.3 is 0 Å². The Balaban J connectivity index is 2.11. The third-order valence-electron chi connectivity index (χ3n) is 2.36. The molecule has 0 bridgehead atoms. The quantitative estimate of drug-likeness (QED) is 0.594. The second-order valence-corrected chi connectivity index (χ2v) is 4.39. The van der Waals surface area contributed by atoms with Crippen LogP contribution in [0.2, 0.25) is 0 Å². The predicted octanol–water partition coefficient (Wildman–Crippen LogP) is 3.53. The van der Waals surface area contributed by atoms with Crippen molar-refractivity contribution in [2.45, 2.75) is 11.3 Å². The molecule has 0 amide bonds. The Bertz CT molecular complexity index is 450. The van der Waals surface area contributed by atoms with E-state index in [9.17, 15) is 4.39 Å². The molecule has 2 rings (SSSR count). The van der Waals surface area contributed by atoms with Crippen LogP contribution in [0.3, 0.4) is 0 Å². The van der Waals surface area contributed by atoms with Gasteiger partial charge in [-0.25, -0.2) is 4.98 Å². The van der Waals surface area contributed by atoms with Crippen molar-refractivity contribution in [1.82, 2.24) is 4.98 Å². The molecule has 0 radical (unpaired) electrons. The summed E-state index contributed by atoms with van der Waals surface area (Å²) in [5.74, 6) is -0.429. The van der Waals surface area contributed by atoms with Crippen molar-refractivity contribution in [2.75, 3.05) is 6.26 Å². The fourth-order valence-electron chi connectivity index (χ4n) is 1.49. The first kappa shape index (κ1) is 11.1. The zero-order chi connectivity index (χ0) is 11.4. The van der Waals surface area contributed by atoms with Gasteiger partial charge in [-0.2, -0.15) is 4.39 Å². The molecule has 16 heavy (non-hydrogen) atoms. The lowest BCUT2D eigenvalue weighted by Gasteiger charge is -2.02. The van der Waals surface area contributed by atoms with Crippen molar-refractivity contribution in [3.8, 4) is 0 Å². The zero-order valence-electron chi connectivity index (χ0n) is 8.98. The molecule has 82 valence electrons. The number of hydrogen-bond donors (Lipinski definition) is 0. The van der Waals surface area contributed by atoms with E-state index in [2.05, 4.69) is 35.5 Å². The zero-order valence-corrected chi connectivity index (χ0v) is 9.80. The van der Waals surface area contributed by atoms with Crippen LogP contribution in [0.1, 0.15) is 11.1 Å². The Morgan fingerprint density at radius 3 is 2.31 bits per heavy atom. The van der Waals surface area contributed by atoms with Crippen LogP contribution in [-0.4, -0.2) is 11.2 Å². The maximum absolute atomic E-state index is 12.6. The highest BCUT2D eigenvalue weighted by molar-refractivity contribution is 7.98. The molecule has 2 aromatic rings. The summed E-state index contributed by atoms with van der Waals surface area (Å²) in [6, 6.07) is 11.5. The van der Waals surface area contributed by atoms with E-state index in [1.54, 1.807) is 24.0 Å². The molecule has 0 fully saturated rings. The minimum atomic E-state index is -0.429. The SMILES string of the molecule is CSc1ccc(Cc2ccc(F)nc2)cc1. The summed E-state index contributed by atoms with van der Waals surface area (Å²) in [7, 11) is 0. The van der Waals surface area contributed by atoms with Gasteiger partial charge in [-0.3, -0.25) is 0 Å². The van der Waals surface area contributed by atoms with Gasteiger partial charge in [0.25, 0.3) is 0 Å². The molecule has 1 aromatic carbocycles. The highest BCUT2D eigenvalue weighted by atomic mass is 32.2. The molecule has 0 N–H and O–H groups in total. The maximum Gasteiger partial charge on any atom is 0.212 e. The first-order valence-corrected chi connectivity index (χ1v) is 6.24. The smallest absolute Gasteiger partial charge is 0.212 e. The number of halogens is 1. The molecule has 0 aliphatic rings. The van der Waals surface area contributed by atoms with Crippen molar-refractivity contribution in [1.29, 1.82) is 0 Å². The Morgan fingerprint density at radius 1 is 1.06 bits per heavy atom. The maximum atomic E-state index is 12.6. The van der Waals surface area contributed by atoms with Gasteiger partial charge in [0.15, 0.2) is 0 Å². The largest absolute Gasteiger partial charge is 0.228 e.